The van der Waals surface area contributed by atoms with Crippen molar-refractivity contribution < 1.29 is 23.1 Å². The Balaban J connectivity index is 1.96. The smallest absolute Gasteiger partial charge is 0.394 e. The second-order valence-electron chi connectivity index (χ2n) is 9.46. The van der Waals surface area contributed by atoms with Crippen LogP contribution in [0.3, 0.4) is 0 Å². The van der Waals surface area contributed by atoms with Crippen molar-refractivity contribution >= 4 is 40.8 Å². The Morgan fingerprint density at radius 2 is 1.94 bits per heavy atom. The summed E-state index contributed by atoms with van der Waals surface area (Å²) in [5, 5.41) is 11.2. The predicted molar refractivity (Wildman–Crippen MR) is 132 cm³/mol. The third-order valence-corrected chi connectivity index (χ3v) is 7.40. The van der Waals surface area contributed by atoms with Crippen LogP contribution >= 0.6 is 15.9 Å². The molecule has 34 heavy (non-hydrogen) atoms. The Labute approximate surface area is 205 Å². The lowest BCUT2D eigenvalue weighted by molar-refractivity contribution is -0.138. The molecule has 1 amide bonds. The normalized spacial score (nSPS) is 18.4. The van der Waals surface area contributed by atoms with Crippen LogP contribution in [0.4, 0.5) is 13.2 Å². The number of H-pyrrole nitrogens is 1. The van der Waals surface area contributed by atoms with Crippen molar-refractivity contribution in [1.82, 2.24) is 9.88 Å². The third kappa shape index (κ3) is 4.67. The lowest BCUT2D eigenvalue weighted by Crippen LogP contribution is -2.49. The van der Waals surface area contributed by atoms with Crippen molar-refractivity contribution in [3.8, 4) is 11.5 Å². The molecule has 0 fully saturated rings. The molecule has 2 heterocycles. The number of amides is 1. The van der Waals surface area contributed by atoms with Gasteiger partial charge in [0.05, 0.1) is 24.3 Å². The fraction of sp³-hybridized carbons (Fsp3) is 0.320. The maximum absolute atomic E-state index is 13.7. The van der Waals surface area contributed by atoms with Gasteiger partial charge in [0.15, 0.2) is 0 Å². The molecule has 0 saturated heterocycles. The SMILES string of the molecule is C[Si](C)(C)C#CC(=O)N1C(CO)Cc2c([nH]c3ccccc23)C1c1ccc(Br)c(C(F)(F)F)c1. The monoisotopic (exact) mass is 548 g/mol. The van der Waals surface area contributed by atoms with Crippen LogP contribution in [0, 0.1) is 11.5 Å². The maximum atomic E-state index is 13.7. The van der Waals surface area contributed by atoms with E-state index < -0.39 is 37.8 Å². The molecular formula is C25H24BrF3N2O2Si. The summed E-state index contributed by atoms with van der Waals surface area (Å²) >= 11 is 3.00. The van der Waals surface area contributed by atoms with E-state index in [1.165, 1.54) is 11.0 Å². The maximum Gasteiger partial charge on any atom is 0.417 e. The van der Waals surface area contributed by atoms with Gasteiger partial charge in [0, 0.05) is 21.1 Å². The average Bonchev–Trinajstić information content (AvgIpc) is 3.13. The van der Waals surface area contributed by atoms with E-state index in [-0.39, 0.29) is 11.1 Å². The molecule has 0 radical (unpaired) electrons. The van der Waals surface area contributed by atoms with Crippen molar-refractivity contribution in [2.45, 2.75) is 44.3 Å². The number of fused-ring (bicyclic) bond motifs is 3. The first-order valence-electron chi connectivity index (χ1n) is 10.8. The lowest BCUT2D eigenvalue weighted by Gasteiger charge is -2.41. The molecule has 0 spiro atoms. The van der Waals surface area contributed by atoms with Gasteiger partial charge in [-0.1, -0.05) is 59.8 Å². The minimum absolute atomic E-state index is 0.0773. The molecule has 2 atom stereocenters. The summed E-state index contributed by atoms with van der Waals surface area (Å²) in [4.78, 5) is 18.2. The highest BCUT2D eigenvalue weighted by atomic mass is 79.9. The first-order valence-corrected chi connectivity index (χ1v) is 15.1. The number of halogens is 4. The molecule has 4 nitrogen and oxygen atoms in total. The van der Waals surface area contributed by atoms with Gasteiger partial charge in [-0.05, 0) is 41.7 Å². The molecule has 0 saturated carbocycles. The zero-order chi connectivity index (χ0) is 24.8. The Kier molecular flexibility index (Phi) is 6.44. The second kappa shape index (κ2) is 8.91. The van der Waals surface area contributed by atoms with Crippen LogP contribution in [-0.4, -0.2) is 41.6 Å². The Morgan fingerprint density at radius 3 is 2.59 bits per heavy atom. The van der Waals surface area contributed by atoms with E-state index in [9.17, 15) is 23.1 Å². The van der Waals surface area contributed by atoms with Gasteiger partial charge in [-0.25, -0.2) is 0 Å². The number of nitrogens with zero attached hydrogens (tertiary/aromatic N) is 1. The predicted octanol–water partition coefficient (Wildman–Crippen LogP) is 5.67. The van der Waals surface area contributed by atoms with Gasteiger partial charge in [0.1, 0.15) is 8.07 Å². The van der Waals surface area contributed by atoms with Crippen molar-refractivity contribution in [1.29, 1.82) is 0 Å². The number of rotatable bonds is 2. The third-order valence-electron chi connectivity index (χ3n) is 5.83. The van der Waals surface area contributed by atoms with E-state index in [0.29, 0.717) is 17.7 Å². The minimum atomic E-state index is -4.57. The molecule has 4 rings (SSSR count). The number of benzene rings is 2. The van der Waals surface area contributed by atoms with Crippen molar-refractivity contribution in [3.63, 3.8) is 0 Å². The van der Waals surface area contributed by atoms with Crippen LogP contribution in [0.5, 0.6) is 0 Å². The summed E-state index contributed by atoms with van der Waals surface area (Å²) in [6.45, 7) is 5.68. The number of nitrogens with one attached hydrogen (secondary N) is 1. The van der Waals surface area contributed by atoms with Gasteiger partial charge in [0.2, 0.25) is 0 Å². The van der Waals surface area contributed by atoms with E-state index in [2.05, 4.69) is 32.4 Å². The van der Waals surface area contributed by atoms with Crippen LogP contribution in [-0.2, 0) is 17.4 Å². The van der Waals surface area contributed by atoms with E-state index in [1.54, 1.807) is 6.07 Å². The second-order valence-corrected chi connectivity index (χ2v) is 15.1. The summed E-state index contributed by atoms with van der Waals surface area (Å²) in [6.07, 6.45) is -4.20. The Bertz CT molecular complexity index is 1320. The molecule has 2 aromatic carbocycles. The number of aliphatic hydroxyl groups excluding tert-OH is 1. The molecule has 9 heteroatoms. The molecule has 0 bridgehead atoms. The summed E-state index contributed by atoms with van der Waals surface area (Å²) < 4.78 is 41.1. The molecule has 2 N–H and O–H groups in total. The average molecular weight is 549 g/mol. The summed E-state index contributed by atoms with van der Waals surface area (Å²) in [6, 6.07) is 10.1. The van der Waals surface area contributed by atoms with Crippen LogP contribution in [0.2, 0.25) is 19.6 Å². The molecule has 0 aliphatic carbocycles. The molecule has 1 aliphatic rings. The highest BCUT2D eigenvalue weighted by Gasteiger charge is 2.41. The largest absolute Gasteiger partial charge is 0.417 e. The Morgan fingerprint density at radius 1 is 1.24 bits per heavy atom. The first kappa shape index (κ1) is 24.6. The molecule has 1 aromatic heterocycles. The standard InChI is InChI=1S/C25H24BrF3N2O2Si/c1-34(2,3)11-10-22(33)31-16(14-32)13-18-17-6-4-5-7-21(17)30-23(18)24(31)15-8-9-20(26)19(12-15)25(27,28)29/h4-9,12,16,24,30,32H,13-14H2,1-3H3. The molecule has 1 aliphatic heterocycles. The number of aromatic nitrogens is 1. The first-order chi connectivity index (χ1) is 15.9. The number of carbonyl (C=O) groups excluding carboxylic acids is 1. The zero-order valence-electron chi connectivity index (χ0n) is 18.9. The number of aromatic amines is 1. The molecule has 178 valence electrons. The molecule has 2 unspecified atom stereocenters. The van der Waals surface area contributed by atoms with E-state index >= 15 is 0 Å². The van der Waals surface area contributed by atoms with Gasteiger partial charge in [-0.15, -0.1) is 5.54 Å². The van der Waals surface area contributed by atoms with Crippen LogP contribution in [0.15, 0.2) is 46.9 Å². The number of alkyl halides is 3. The fourth-order valence-electron chi connectivity index (χ4n) is 4.36. The summed E-state index contributed by atoms with van der Waals surface area (Å²) in [5.41, 5.74) is 4.87. The van der Waals surface area contributed by atoms with Gasteiger partial charge in [-0.2, -0.15) is 13.2 Å². The summed E-state index contributed by atoms with van der Waals surface area (Å²) in [5.74, 6) is 2.21. The zero-order valence-corrected chi connectivity index (χ0v) is 21.5. The minimum Gasteiger partial charge on any atom is -0.394 e. The highest BCUT2D eigenvalue weighted by Crippen LogP contribution is 2.43. The van der Waals surface area contributed by atoms with Crippen LogP contribution in [0.1, 0.15) is 28.4 Å². The number of hydrogen-bond acceptors (Lipinski definition) is 2. The van der Waals surface area contributed by atoms with Crippen LogP contribution < -0.4 is 0 Å². The van der Waals surface area contributed by atoms with E-state index in [1.807, 2.05) is 43.9 Å². The lowest BCUT2D eigenvalue weighted by atomic mass is 9.87. The van der Waals surface area contributed by atoms with Gasteiger partial charge >= 0.3 is 6.18 Å². The highest BCUT2D eigenvalue weighted by molar-refractivity contribution is 9.10. The number of carbonyl (C=O) groups is 1. The van der Waals surface area contributed by atoms with Crippen molar-refractivity contribution in [2.75, 3.05) is 6.61 Å². The quantitative estimate of drug-likeness (QED) is 0.320. The van der Waals surface area contributed by atoms with Crippen molar-refractivity contribution in [3.05, 3.63) is 69.3 Å². The van der Waals surface area contributed by atoms with E-state index in [0.717, 1.165) is 22.5 Å². The van der Waals surface area contributed by atoms with Gasteiger partial charge in [-0.3, -0.25) is 4.79 Å². The number of para-hydroxylation sites is 1. The van der Waals surface area contributed by atoms with Crippen LogP contribution in [0.25, 0.3) is 10.9 Å². The topological polar surface area (TPSA) is 56.3 Å². The van der Waals surface area contributed by atoms with Gasteiger partial charge in [0.25, 0.3) is 5.91 Å². The fourth-order valence-corrected chi connectivity index (χ4v) is 5.31. The van der Waals surface area contributed by atoms with Crippen molar-refractivity contribution in [2.24, 2.45) is 0 Å². The molecule has 3 aromatic rings. The van der Waals surface area contributed by atoms with Gasteiger partial charge < -0.3 is 15.0 Å². The van der Waals surface area contributed by atoms with E-state index in [4.69, 9.17) is 0 Å². The Hall–Kier alpha value is -2.54. The molecular weight excluding hydrogens is 525 g/mol. The number of hydrogen-bond donors (Lipinski definition) is 2. The number of aliphatic hydroxyl groups is 1. The summed E-state index contributed by atoms with van der Waals surface area (Å²) in [7, 11) is -1.89.